The van der Waals surface area contributed by atoms with Gasteiger partial charge >= 0.3 is 11.9 Å². The van der Waals surface area contributed by atoms with Crippen LogP contribution in [0.1, 0.15) is 5.69 Å². The van der Waals surface area contributed by atoms with Crippen molar-refractivity contribution in [3.05, 3.63) is 78.5 Å². The van der Waals surface area contributed by atoms with Crippen LogP contribution in [0.4, 0.5) is 5.69 Å². The minimum Gasteiger partial charge on any atom is -0.497 e. The molecule has 15 heteroatoms. The van der Waals surface area contributed by atoms with Gasteiger partial charge in [0.2, 0.25) is 10.0 Å². The van der Waals surface area contributed by atoms with Gasteiger partial charge in [0.1, 0.15) is 24.6 Å². The molecule has 0 atom stereocenters. The van der Waals surface area contributed by atoms with E-state index in [1.165, 1.54) is 87.0 Å². The molecule has 222 valence electrons. The largest absolute Gasteiger partial charge is 0.497 e. The molecule has 1 heterocycles. The Morgan fingerprint density at radius 3 is 1.76 bits per heavy atom. The van der Waals surface area contributed by atoms with Crippen LogP contribution in [-0.2, 0) is 36.2 Å². The Hall–Kier alpha value is -4.60. The number of aromatic nitrogens is 1. The van der Waals surface area contributed by atoms with Gasteiger partial charge in [0.25, 0.3) is 10.0 Å². The molecule has 4 rings (SSSR count). The number of sulfonamides is 2. The van der Waals surface area contributed by atoms with Crippen LogP contribution in [0.5, 0.6) is 11.5 Å². The molecule has 42 heavy (non-hydrogen) atoms. The number of ether oxygens (including phenoxy) is 2. The standard InChI is InChI=1S/C27H27N3O10S2/c1-39-21-4-8-23(9-5-21)41(35,36)29(16-26(31)32)15-19-13-18-14-20(3-12-25(18)28-19)30(17-27(33)34)42(37,38)24-10-6-22(40-2)7-11-24/h3-14,28H,15-17H2,1-2H3,(H,31,32)(H,33,34). The first-order chi connectivity index (χ1) is 19.8. The molecule has 0 amide bonds. The Morgan fingerprint density at radius 1 is 0.738 bits per heavy atom. The zero-order valence-corrected chi connectivity index (χ0v) is 24.1. The second-order valence-corrected chi connectivity index (χ2v) is 12.8. The highest BCUT2D eigenvalue weighted by molar-refractivity contribution is 7.92. The van der Waals surface area contributed by atoms with Crippen LogP contribution in [-0.4, -0.2) is 75.6 Å². The lowest BCUT2D eigenvalue weighted by atomic mass is 10.2. The maximum absolute atomic E-state index is 13.4. The number of H-pyrrole nitrogens is 1. The van der Waals surface area contributed by atoms with Crippen molar-refractivity contribution < 1.29 is 46.1 Å². The van der Waals surface area contributed by atoms with Crippen molar-refractivity contribution >= 4 is 48.6 Å². The quantitative estimate of drug-likeness (QED) is 0.202. The first-order valence-electron chi connectivity index (χ1n) is 12.2. The molecule has 4 aromatic rings. The highest BCUT2D eigenvalue weighted by Crippen LogP contribution is 2.29. The van der Waals surface area contributed by atoms with Gasteiger partial charge in [-0.2, -0.15) is 4.31 Å². The lowest BCUT2D eigenvalue weighted by Gasteiger charge is -2.23. The Morgan fingerprint density at radius 2 is 1.26 bits per heavy atom. The molecule has 0 unspecified atom stereocenters. The van der Waals surface area contributed by atoms with E-state index >= 15 is 0 Å². The van der Waals surface area contributed by atoms with Gasteiger partial charge in [0.05, 0.1) is 36.2 Å². The maximum atomic E-state index is 13.4. The number of aromatic amines is 1. The SMILES string of the molecule is COc1ccc(S(=O)(=O)N(CC(=O)O)Cc2cc3cc(N(CC(=O)O)S(=O)(=O)c4ccc(OC)cc4)ccc3[nH]2)cc1. The number of benzene rings is 3. The first-order valence-corrected chi connectivity index (χ1v) is 15.1. The van der Waals surface area contributed by atoms with Crippen molar-refractivity contribution in [2.45, 2.75) is 16.3 Å². The average Bonchev–Trinajstić information content (AvgIpc) is 3.37. The number of aliphatic carboxylic acids is 2. The molecule has 0 aliphatic rings. The second kappa shape index (κ2) is 12.1. The third-order valence-corrected chi connectivity index (χ3v) is 9.82. The van der Waals surface area contributed by atoms with Gasteiger partial charge in [0.15, 0.2) is 0 Å². The molecule has 0 bridgehead atoms. The summed E-state index contributed by atoms with van der Waals surface area (Å²) in [6.45, 7) is -2.02. The summed E-state index contributed by atoms with van der Waals surface area (Å²) in [6.07, 6.45) is 0. The molecule has 0 aliphatic carbocycles. The summed E-state index contributed by atoms with van der Waals surface area (Å²) < 4.78 is 65.1. The molecule has 0 aliphatic heterocycles. The number of carboxylic acid groups (broad SMARTS) is 2. The van der Waals surface area contributed by atoms with Crippen LogP contribution in [0.2, 0.25) is 0 Å². The molecule has 0 fully saturated rings. The fraction of sp³-hybridized carbons (Fsp3) is 0.185. The fourth-order valence-electron chi connectivity index (χ4n) is 4.20. The number of carboxylic acids is 2. The molecule has 3 N–H and O–H groups in total. The summed E-state index contributed by atoms with van der Waals surface area (Å²) in [7, 11) is -5.68. The normalized spacial score (nSPS) is 11.9. The van der Waals surface area contributed by atoms with E-state index in [4.69, 9.17) is 9.47 Å². The van der Waals surface area contributed by atoms with Crippen LogP contribution >= 0.6 is 0 Å². The number of carbonyl (C=O) groups is 2. The molecule has 0 radical (unpaired) electrons. The van der Waals surface area contributed by atoms with Crippen molar-refractivity contribution in [3.8, 4) is 11.5 Å². The third-order valence-electron chi connectivity index (χ3n) is 6.23. The van der Waals surface area contributed by atoms with Crippen molar-refractivity contribution in [1.29, 1.82) is 0 Å². The van der Waals surface area contributed by atoms with E-state index in [0.717, 1.165) is 8.61 Å². The first kappa shape index (κ1) is 30.4. The molecule has 1 aromatic heterocycles. The topological polar surface area (TPSA) is 184 Å². The molecular formula is C27H27N3O10S2. The van der Waals surface area contributed by atoms with Crippen LogP contribution < -0.4 is 13.8 Å². The summed E-state index contributed by atoms with van der Waals surface area (Å²) in [5.41, 5.74) is 0.866. The number of nitrogens with one attached hydrogen (secondary N) is 1. The van der Waals surface area contributed by atoms with Gasteiger partial charge in [-0.3, -0.25) is 13.9 Å². The van der Waals surface area contributed by atoms with E-state index in [-0.39, 0.29) is 22.0 Å². The monoisotopic (exact) mass is 617 g/mol. The van der Waals surface area contributed by atoms with Gasteiger partial charge in [-0.1, -0.05) is 0 Å². The van der Waals surface area contributed by atoms with Crippen LogP contribution in [0, 0.1) is 0 Å². The number of methoxy groups -OCH3 is 2. The van der Waals surface area contributed by atoms with E-state index in [1.54, 1.807) is 0 Å². The van der Waals surface area contributed by atoms with Crippen molar-refractivity contribution in [1.82, 2.24) is 9.29 Å². The van der Waals surface area contributed by atoms with Gasteiger partial charge in [-0.25, -0.2) is 16.8 Å². The summed E-state index contributed by atoms with van der Waals surface area (Å²) in [5.74, 6) is -1.89. The lowest BCUT2D eigenvalue weighted by Crippen LogP contribution is -2.35. The number of hydrogen-bond acceptors (Lipinski definition) is 8. The lowest BCUT2D eigenvalue weighted by molar-refractivity contribution is -0.137. The summed E-state index contributed by atoms with van der Waals surface area (Å²) >= 11 is 0. The van der Waals surface area contributed by atoms with E-state index < -0.39 is 45.1 Å². The van der Waals surface area contributed by atoms with Crippen molar-refractivity contribution in [2.75, 3.05) is 31.6 Å². The van der Waals surface area contributed by atoms with Gasteiger partial charge in [0, 0.05) is 16.6 Å². The highest BCUT2D eigenvalue weighted by atomic mass is 32.2. The molecule has 3 aromatic carbocycles. The maximum Gasteiger partial charge on any atom is 0.324 e. The summed E-state index contributed by atoms with van der Waals surface area (Å²) in [5, 5.41) is 19.3. The van der Waals surface area contributed by atoms with Gasteiger partial charge < -0.3 is 24.7 Å². The second-order valence-electron chi connectivity index (χ2n) is 8.99. The van der Waals surface area contributed by atoms with E-state index in [9.17, 15) is 36.6 Å². The third kappa shape index (κ3) is 6.48. The summed E-state index contributed by atoms with van der Waals surface area (Å²) in [4.78, 5) is 25.9. The van der Waals surface area contributed by atoms with E-state index in [2.05, 4.69) is 4.98 Å². The number of hydrogen-bond donors (Lipinski definition) is 3. The highest BCUT2D eigenvalue weighted by Gasteiger charge is 2.29. The number of nitrogens with zero attached hydrogens (tertiary/aromatic N) is 2. The van der Waals surface area contributed by atoms with Crippen LogP contribution in [0.15, 0.2) is 82.6 Å². The minimum absolute atomic E-state index is 0.0551. The molecule has 0 spiro atoms. The number of anilines is 1. The predicted molar refractivity (Wildman–Crippen MR) is 152 cm³/mol. The van der Waals surface area contributed by atoms with Crippen molar-refractivity contribution in [3.63, 3.8) is 0 Å². The van der Waals surface area contributed by atoms with Gasteiger partial charge in [-0.05, 0) is 72.8 Å². The van der Waals surface area contributed by atoms with E-state index in [1.807, 2.05) is 0 Å². The van der Waals surface area contributed by atoms with Crippen LogP contribution in [0.25, 0.3) is 10.9 Å². The number of fused-ring (bicyclic) bond motifs is 1. The molecular weight excluding hydrogens is 590 g/mol. The Bertz CT molecular complexity index is 1820. The minimum atomic E-state index is -4.30. The Balaban J connectivity index is 1.69. The summed E-state index contributed by atoms with van der Waals surface area (Å²) in [6, 6.07) is 16.9. The Labute approximate surface area is 241 Å². The smallest absolute Gasteiger partial charge is 0.324 e. The molecule has 0 saturated carbocycles. The zero-order chi connectivity index (χ0) is 30.7. The number of rotatable bonds is 13. The predicted octanol–water partition coefficient (Wildman–Crippen LogP) is 2.74. The molecule has 13 nitrogen and oxygen atoms in total. The average molecular weight is 618 g/mol. The van der Waals surface area contributed by atoms with Crippen molar-refractivity contribution in [2.24, 2.45) is 0 Å². The van der Waals surface area contributed by atoms with E-state index in [0.29, 0.717) is 28.1 Å². The molecule has 0 saturated heterocycles. The van der Waals surface area contributed by atoms with Crippen LogP contribution in [0.3, 0.4) is 0 Å². The zero-order valence-electron chi connectivity index (χ0n) is 22.4. The Kier molecular flexibility index (Phi) is 8.75. The van der Waals surface area contributed by atoms with Gasteiger partial charge in [-0.15, -0.1) is 0 Å². The fourth-order valence-corrected chi connectivity index (χ4v) is 6.97.